The lowest BCUT2D eigenvalue weighted by Gasteiger charge is -2.25. The molecule has 2 rings (SSSR count). The summed E-state index contributed by atoms with van der Waals surface area (Å²) < 4.78 is 0. The first-order valence-electron chi connectivity index (χ1n) is 14.1. The van der Waals surface area contributed by atoms with Crippen molar-refractivity contribution in [2.75, 3.05) is 26.4 Å². The van der Waals surface area contributed by atoms with Crippen LogP contribution >= 0.6 is 0 Å². The zero-order valence-corrected chi connectivity index (χ0v) is 25.0. The molecule has 18 nitrogen and oxygen atoms in total. The molecule has 0 saturated heterocycles. The first-order valence-corrected chi connectivity index (χ1v) is 14.1. The van der Waals surface area contributed by atoms with Crippen molar-refractivity contribution in [2.24, 2.45) is 5.73 Å². The molecule has 5 atom stereocenters. The maximum atomic E-state index is 13.1. The molecule has 47 heavy (non-hydrogen) atoms. The Morgan fingerprint density at radius 3 is 1.30 bits per heavy atom. The molecular weight excluding hydrogens is 624 g/mol. The Labute approximate surface area is 268 Å². The number of aliphatic carboxylic acids is 1. The van der Waals surface area contributed by atoms with Crippen molar-refractivity contribution in [1.29, 1.82) is 0 Å². The molecule has 18 heteroatoms. The van der Waals surface area contributed by atoms with Crippen LogP contribution in [0, 0.1) is 0 Å². The Hall–Kier alpha value is -5.30. The van der Waals surface area contributed by atoms with Gasteiger partial charge in [-0.25, -0.2) is 0 Å². The molecule has 0 saturated carbocycles. The van der Waals surface area contributed by atoms with Gasteiger partial charge in [0.1, 0.15) is 48.3 Å². The molecule has 13 N–H and O–H groups in total. The summed E-state index contributed by atoms with van der Waals surface area (Å²) in [6.45, 7) is -3.49. The van der Waals surface area contributed by atoms with E-state index < -0.39 is 92.1 Å². The molecular formula is C29H38N6O12. The van der Waals surface area contributed by atoms with Gasteiger partial charge in [-0.3, -0.25) is 28.8 Å². The molecule has 256 valence electrons. The third-order valence-corrected chi connectivity index (χ3v) is 6.60. The molecule has 5 amide bonds. The van der Waals surface area contributed by atoms with Crippen LogP contribution in [0.25, 0.3) is 0 Å². The van der Waals surface area contributed by atoms with E-state index in [2.05, 4.69) is 26.6 Å². The quantitative estimate of drug-likeness (QED) is 0.0715. The van der Waals surface area contributed by atoms with Gasteiger partial charge in [-0.05, 0) is 35.4 Å². The summed E-state index contributed by atoms with van der Waals surface area (Å²) >= 11 is 0. The van der Waals surface area contributed by atoms with Gasteiger partial charge < -0.3 is 63.0 Å². The van der Waals surface area contributed by atoms with Crippen molar-refractivity contribution >= 4 is 35.5 Å². The van der Waals surface area contributed by atoms with E-state index in [0.717, 1.165) is 0 Å². The highest BCUT2D eigenvalue weighted by Gasteiger charge is 2.31. The van der Waals surface area contributed by atoms with Gasteiger partial charge in [0.2, 0.25) is 29.5 Å². The molecule has 0 aromatic heterocycles. The molecule has 0 aliphatic carbocycles. The summed E-state index contributed by atoms with van der Waals surface area (Å²) in [5.74, 6) is -6.47. The van der Waals surface area contributed by atoms with Crippen molar-refractivity contribution in [2.45, 2.75) is 43.1 Å². The van der Waals surface area contributed by atoms with E-state index in [1.54, 1.807) is 0 Å². The molecule has 0 aliphatic rings. The molecule has 0 radical (unpaired) electrons. The summed E-state index contributed by atoms with van der Waals surface area (Å²) in [6.07, 6.45) is -0.337. The van der Waals surface area contributed by atoms with Crippen LogP contribution in [0.15, 0.2) is 48.5 Å². The van der Waals surface area contributed by atoms with Gasteiger partial charge in [-0.2, -0.15) is 0 Å². The number of carboxylic acid groups (broad SMARTS) is 1. The highest BCUT2D eigenvalue weighted by molar-refractivity contribution is 5.96. The Morgan fingerprint density at radius 2 is 0.915 bits per heavy atom. The molecule has 0 bridgehead atoms. The SMILES string of the molecule is N[C@@H](CO)C(=O)N[C@@H](Cc1ccc(O)cc1)C(=O)N[C@@H](CO)C(=O)N[C@@H](CO)C(=O)N[C@@H](Cc1ccc(O)cc1)C(=O)NCC(=O)O. The Bertz CT molecular complexity index is 1390. The number of phenols is 2. The highest BCUT2D eigenvalue weighted by Crippen LogP contribution is 2.13. The Kier molecular flexibility index (Phi) is 15.0. The van der Waals surface area contributed by atoms with E-state index in [-0.39, 0.29) is 24.3 Å². The third kappa shape index (κ3) is 12.5. The van der Waals surface area contributed by atoms with Gasteiger partial charge in [-0.15, -0.1) is 0 Å². The zero-order chi connectivity index (χ0) is 35.1. The van der Waals surface area contributed by atoms with E-state index in [1.807, 2.05) is 0 Å². The first kappa shape index (κ1) is 37.9. The number of rotatable bonds is 18. The molecule has 0 unspecified atom stereocenters. The van der Waals surface area contributed by atoms with Crippen LogP contribution in [-0.2, 0) is 41.6 Å². The van der Waals surface area contributed by atoms with Crippen molar-refractivity contribution in [3.05, 3.63) is 59.7 Å². The summed E-state index contributed by atoms with van der Waals surface area (Å²) in [7, 11) is 0. The fourth-order valence-electron chi connectivity index (χ4n) is 4.01. The van der Waals surface area contributed by atoms with Crippen molar-refractivity contribution in [1.82, 2.24) is 26.6 Å². The number of aliphatic hydroxyl groups excluding tert-OH is 3. The third-order valence-electron chi connectivity index (χ3n) is 6.60. The van der Waals surface area contributed by atoms with E-state index in [9.17, 15) is 54.3 Å². The van der Waals surface area contributed by atoms with Gasteiger partial charge >= 0.3 is 5.97 Å². The monoisotopic (exact) mass is 662 g/mol. The zero-order valence-electron chi connectivity index (χ0n) is 25.0. The normalized spacial score (nSPS) is 14.0. The van der Waals surface area contributed by atoms with Crippen LogP contribution in [0.5, 0.6) is 11.5 Å². The van der Waals surface area contributed by atoms with Crippen LogP contribution in [0.1, 0.15) is 11.1 Å². The summed E-state index contributed by atoms with van der Waals surface area (Å²) in [6, 6.07) is 3.58. The predicted molar refractivity (Wildman–Crippen MR) is 161 cm³/mol. The minimum absolute atomic E-state index is 0.0619. The summed E-state index contributed by atoms with van der Waals surface area (Å²) in [5.41, 5.74) is 6.46. The number of nitrogens with two attached hydrogens (primary N) is 1. The van der Waals surface area contributed by atoms with Crippen LogP contribution in [0.3, 0.4) is 0 Å². The average molecular weight is 663 g/mol. The second-order valence-corrected chi connectivity index (χ2v) is 10.3. The van der Waals surface area contributed by atoms with Crippen LogP contribution in [0.4, 0.5) is 0 Å². The van der Waals surface area contributed by atoms with E-state index in [4.69, 9.17) is 10.8 Å². The number of carbonyl (C=O) groups is 6. The standard InChI is InChI=1S/C29H38N6O12/c30-19(12-36)25(43)32-21(10-16-3-7-18(40)8-4-16)27(45)34-23(14-38)29(47)35-22(13-37)28(46)33-20(26(44)31-11-24(41)42)9-15-1-5-17(39)6-2-15/h1-8,19-23,36-40H,9-14,30H2,(H,31,44)(H,32,43)(H,33,46)(H,34,45)(H,35,47)(H,41,42)/t19-,20-,21-,22-,23-/m0/s1. The Morgan fingerprint density at radius 1 is 0.553 bits per heavy atom. The number of benzene rings is 2. The molecule has 0 heterocycles. The maximum absolute atomic E-state index is 13.1. The van der Waals surface area contributed by atoms with Gasteiger partial charge in [0.15, 0.2) is 0 Å². The smallest absolute Gasteiger partial charge is 0.322 e. The fourth-order valence-corrected chi connectivity index (χ4v) is 4.01. The second kappa shape index (κ2) is 18.6. The number of hydrogen-bond acceptors (Lipinski definition) is 12. The minimum atomic E-state index is -1.71. The molecule has 0 spiro atoms. The topological polar surface area (TPSA) is 310 Å². The lowest BCUT2D eigenvalue weighted by Crippen LogP contribution is -2.61. The molecule has 0 fully saturated rings. The van der Waals surface area contributed by atoms with Gasteiger partial charge in [0.25, 0.3) is 0 Å². The summed E-state index contributed by atoms with van der Waals surface area (Å²) in [4.78, 5) is 75.1. The van der Waals surface area contributed by atoms with E-state index in [0.29, 0.717) is 11.1 Å². The number of carbonyl (C=O) groups excluding carboxylic acids is 5. The van der Waals surface area contributed by atoms with Crippen molar-refractivity contribution in [3.63, 3.8) is 0 Å². The lowest BCUT2D eigenvalue weighted by atomic mass is 10.0. The number of aliphatic hydroxyl groups is 3. The second-order valence-electron chi connectivity index (χ2n) is 10.3. The maximum Gasteiger partial charge on any atom is 0.322 e. The Balaban J connectivity index is 2.16. The average Bonchev–Trinajstić information content (AvgIpc) is 3.05. The van der Waals surface area contributed by atoms with Gasteiger partial charge in [0, 0.05) is 12.8 Å². The molecule has 0 aliphatic heterocycles. The number of amides is 5. The summed E-state index contributed by atoms with van der Waals surface area (Å²) in [5, 5.41) is 68.0. The van der Waals surface area contributed by atoms with Gasteiger partial charge in [0.05, 0.1) is 19.8 Å². The molecule has 2 aromatic carbocycles. The van der Waals surface area contributed by atoms with Crippen LogP contribution in [0.2, 0.25) is 0 Å². The number of nitrogens with one attached hydrogen (secondary N) is 5. The van der Waals surface area contributed by atoms with Crippen molar-refractivity contribution in [3.8, 4) is 11.5 Å². The van der Waals surface area contributed by atoms with Crippen LogP contribution < -0.4 is 32.3 Å². The fraction of sp³-hybridized carbons (Fsp3) is 0.379. The highest BCUT2D eigenvalue weighted by atomic mass is 16.4. The lowest BCUT2D eigenvalue weighted by molar-refractivity contribution is -0.138. The predicted octanol–water partition coefficient (Wildman–Crippen LogP) is -4.67. The molecule has 2 aromatic rings. The number of hydrogen-bond donors (Lipinski definition) is 12. The number of carboxylic acids is 1. The van der Waals surface area contributed by atoms with Crippen molar-refractivity contribution < 1.29 is 59.4 Å². The first-order chi connectivity index (χ1) is 22.3. The minimum Gasteiger partial charge on any atom is -0.508 e. The van der Waals surface area contributed by atoms with E-state index in [1.165, 1.54) is 48.5 Å². The van der Waals surface area contributed by atoms with Gasteiger partial charge in [-0.1, -0.05) is 24.3 Å². The van der Waals surface area contributed by atoms with Crippen LogP contribution in [-0.4, -0.2) is 123 Å². The van der Waals surface area contributed by atoms with E-state index >= 15 is 0 Å². The number of phenolic OH excluding ortho intramolecular Hbond substituents is 2. The largest absolute Gasteiger partial charge is 0.508 e. The number of aromatic hydroxyl groups is 2.